The zero-order valence-electron chi connectivity index (χ0n) is 12.0. The summed E-state index contributed by atoms with van der Waals surface area (Å²) in [5, 5.41) is 14.6. The molecule has 3 rings (SSSR count). The molecule has 0 amide bonds. The minimum absolute atomic E-state index is 0.0509. The van der Waals surface area contributed by atoms with E-state index in [0.717, 1.165) is 18.7 Å². The molecule has 21 heavy (non-hydrogen) atoms. The van der Waals surface area contributed by atoms with Crippen LogP contribution in [-0.2, 0) is 4.74 Å². The van der Waals surface area contributed by atoms with Gasteiger partial charge in [-0.2, -0.15) is 0 Å². The molecule has 1 aromatic carbocycles. The zero-order valence-corrected chi connectivity index (χ0v) is 12.7. The fraction of sp³-hybridized carbons (Fsp3) is 0.600. The van der Waals surface area contributed by atoms with Crippen LogP contribution >= 0.6 is 11.6 Å². The van der Waals surface area contributed by atoms with Gasteiger partial charge in [0, 0.05) is 29.8 Å². The predicted octanol–water partition coefficient (Wildman–Crippen LogP) is 4.01. The first-order chi connectivity index (χ1) is 10.1. The molecular weight excluding hydrogens is 292 g/mol. The molecule has 2 aliphatic carbocycles. The van der Waals surface area contributed by atoms with Crippen molar-refractivity contribution in [1.29, 1.82) is 0 Å². The number of nitrogens with one attached hydrogen (secondary N) is 1. The van der Waals surface area contributed by atoms with Gasteiger partial charge in [-0.3, -0.25) is 10.1 Å². The Kier molecular flexibility index (Phi) is 3.80. The van der Waals surface area contributed by atoms with Crippen molar-refractivity contribution in [3.05, 3.63) is 33.3 Å². The highest BCUT2D eigenvalue weighted by Crippen LogP contribution is 2.58. The van der Waals surface area contributed by atoms with E-state index in [-0.39, 0.29) is 16.1 Å². The van der Waals surface area contributed by atoms with Gasteiger partial charge in [-0.05, 0) is 38.3 Å². The van der Waals surface area contributed by atoms with Crippen molar-refractivity contribution in [2.75, 3.05) is 11.9 Å². The van der Waals surface area contributed by atoms with Gasteiger partial charge in [-0.15, -0.1) is 0 Å². The number of nitro benzene ring substituents is 1. The second-order valence-electron chi connectivity index (χ2n) is 5.89. The van der Waals surface area contributed by atoms with Crippen LogP contribution in [0.3, 0.4) is 0 Å². The van der Waals surface area contributed by atoms with Crippen LogP contribution < -0.4 is 5.32 Å². The molecule has 0 aliphatic heterocycles. The standard InChI is InChI=1S/C15H19ClN2O3/c1-2-21-14-9-13(15(14)6-3-7-15)17-10-4-5-11(16)12(8-10)18(19)20/h4-5,8,13-14,17H,2-3,6-7,9H2,1H3. The Balaban J connectivity index is 1.73. The van der Waals surface area contributed by atoms with Crippen LogP contribution in [0.25, 0.3) is 0 Å². The summed E-state index contributed by atoms with van der Waals surface area (Å²) < 4.78 is 5.82. The van der Waals surface area contributed by atoms with Crippen LogP contribution in [0.2, 0.25) is 5.02 Å². The van der Waals surface area contributed by atoms with Crippen molar-refractivity contribution in [3.63, 3.8) is 0 Å². The van der Waals surface area contributed by atoms with E-state index in [0.29, 0.717) is 12.1 Å². The molecule has 0 bridgehead atoms. The summed E-state index contributed by atoms with van der Waals surface area (Å²) in [6, 6.07) is 5.23. The van der Waals surface area contributed by atoms with Crippen molar-refractivity contribution in [3.8, 4) is 0 Å². The molecule has 1 aromatic rings. The second kappa shape index (κ2) is 5.46. The molecule has 2 unspecified atom stereocenters. The Morgan fingerprint density at radius 3 is 2.86 bits per heavy atom. The second-order valence-corrected chi connectivity index (χ2v) is 6.29. The van der Waals surface area contributed by atoms with Crippen LogP contribution in [-0.4, -0.2) is 23.7 Å². The van der Waals surface area contributed by atoms with Crippen LogP contribution in [0, 0.1) is 15.5 Å². The van der Waals surface area contributed by atoms with Gasteiger partial charge in [-0.25, -0.2) is 0 Å². The molecule has 5 nitrogen and oxygen atoms in total. The molecular formula is C15H19ClN2O3. The molecule has 114 valence electrons. The van der Waals surface area contributed by atoms with Gasteiger partial charge in [0.05, 0.1) is 11.0 Å². The predicted molar refractivity (Wildman–Crippen MR) is 81.8 cm³/mol. The SMILES string of the molecule is CCOC1CC(Nc2ccc(Cl)c([N+](=O)[O-])c2)C12CCC2. The van der Waals surface area contributed by atoms with E-state index in [4.69, 9.17) is 16.3 Å². The van der Waals surface area contributed by atoms with Crippen molar-refractivity contribution in [2.24, 2.45) is 5.41 Å². The first-order valence-corrected chi connectivity index (χ1v) is 7.76. The fourth-order valence-electron chi connectivity index (χ4n) is 3.58. The first-order valence-electron chi connectivity index (χ1n) is 7.39. The van der Waals surface area contributed by atoms with Crippen molar-refractivity contribution >= 4 is 23.0 Å². The quantitative estimate of drug-likeness (QED) is 0.659. The summed E-state index contributed by atoms with van der Waals surface area (Å²) in [5.41, 5.74) is 0.937. The normalized spacial score (nSPS) is 26.0. The maximum atomic E-state index is 10.9. The van der Waals surface area contributed by atoms with E-state index in [1.54, 1.807) is 12.1 Å². The summed E-state index contributed by atoms with van der Waals surface area (Å²) >= 11 is 5.85. The number of ether oxygens (including phenoxy) is 1. The van der Waals surface area contributed by atoms with Gasteiger partial charge >= 0.3 is 0 Å². The van der Waals surface area contributed by atoms with E-state index < -0.39 is 4.92 Å². The molecule has 1 N–H and O–H groups in total. The Hall–Kier alpha value is -1.33. The van der Waals surface area contributed by atoms with Gasteiger partial charge in [-0.1, -0.05) is 18.0 Å². The van der Waals surface area contributed by atoms with Crippen LogP contribution in [0.4, 0.5) is 11.4 Å². The summed E-state index contributed by atoms with van der Waals surface area (Å²) in [4.78, 5) is 10.5. The van der Waals surface area contributed by atoms with Crippen molar-refractivity contribution in [1.82, 2.24) is 0 Å². The summed E-state index contributed by atoms with van der Waals surface area (Å²) in [7, 11) is 0. The lowest BCUT2D eigenvalue weighted by Crippen LogP contribution is -2.64. The van der Waals surface area contributed by atoms with Gasteiger partial charge in [0.2, 0.25) is 0 Å². The lowest BCUT2D eigenvalue weighted by atomic mass is 9.51. The minimum Gasteiger partial charge on any atom is -0.381 e. The molecule has 0 heterocycles. The molecule has 0 aromatic heterocycles. The Bertz CT molecular complexity index is 560. The zero-order chi connectivity index (χ0) is 15.0. The molecule has 2 aliphatic rings. The summed E-state index contributed by atoms with van der Waals surface area (Å²) in [5.74, 6) is 0. The van der Waals surface area contributed by atoms with E-state index in [2.05, 4.69) is 5.32 Å². The van der Waals surface area contributed by atoms with Gasteiger partial charge in [0.15, 0.2) is 0 Å². The van der Waals surface area contributed by atoms with Crippen molar-refractivity contribution < 1.29 is 9.66 Å². The van der Waals surface area contributed by atoms with Gasteiger partial charge in [0.1, 0.15) is 5.02 Å². The maximum absolute atomic E-state index is 10.9. The molecule has 2 atom stereocenters. The fourth-order valence-corrected chi connectivity index (χ4v) is 3.77. The topological polar surface area (TPSA) is 64.4 Å². The average Bonchev–Trinajstić information content (AvgIpc) is 2.37. The lowest BCUT2D eigenvalue weighted by Gasteiger charge is -2.61. The molecule has 0 radical (unpaired) electrons. The average molecular weight is 311 g/mol. The third kappa shape index (κ3) is 2.38. The van der Waals surface area contributed by atoms with Crippen LogP contribution in [0.1, 0.15) is 32.6 Å². The van der Waals surface area contributed by atoms with Gasteiger partial charge < -0.3 is 10.1 Å². The molecule has 0 saturated heterocycles. The summed E-state index contributed by atoms with van der Waals surface area (Å²) in [6.45, 7) is 2.77. The number of rotatable bonds is 5. The molecule has 2 fully saturated rings. The van der Waals surface area contributed by atoms with Crippen LogP contribution in [0.15, 0.2) is 18.2 Å². The molecule has 6 heteroatoms. The largest absolute Gasteiger partial charge is 0.381 e. The number of halogens is 1. The van der Waals surface area contributed by atoms with E-state index in [9.17, 15) is 10.1 Å². The van der Waals surface area contributed by atoms with E-state index in [1.165, 1.54) is 25.3 Å². The highest BCUT2D eigenvalue weighted by atomic mass is 35.5. The lowest BCUT2D eigenvalue weighted by molar-refractivity contribution is -0.384. The highest BCUT2D eigenvalue weighted by molar-refractivity contribution is 6.32. The number of benzene rings is 1. The number of hydrogen-bond donors (Lipinski definition) is 1. The smallest absolute Gasteiger partial charge is 0.289 e. The highest BCUT2D eigenvalue weighted by Gasteiger charge is 2.58. The number of hydrogen-bond acceptors (Lipinski definition) is 4. The van der Waals surface area contributed by atoms with Gasteiger partial charge in [0.25, 0.3) is 5.69 Å². The number of nitrogens with zero attached hydrogens (tertiary/aromatic N) is 1. The number of nitro groups is 1. The third-order valence-corrected chi connectivity index (χ3v) is 5.24. The van der Waals surface area contributed by atoms with E-state index >= 15 is 0 Å². The minimum atomic E-state index is -0.448. The molecule has 2 saturated carbocycles. The molecule has 1 spiro atoms. The third-order valence-electron chi connectivity index (χ3n) is 4.92. The number of anilines is 1. The Labute approximate surface area is 128 Å². The monoisotopic (exact) mass is 310 g/mol. The van der Waals surface area contributed by atoms with Crippen molar-refractivity contribution in [2.45, 2.75) is 44.8 Å². The summed E-state index contributed by atoms with van der Waals surface area (Å²) in [6.07, 6.45) is 4.87. The Morgan fingerprint density at radius 1 is 1.52 bits per heavy atom. The van der Waals surface area contributed by atoms with E-state index in [1.807, 2.05) is 6.92 Å². The Morgan fingerprint density at radius 2 is 2.29 bits per heavy atom. The first kappa shape index (κ1) is 14.6. The van der Waals surface area contributed by atoms with Crippen LogP contribution in [0.5, 0.6) is 0 Å². The maximum Gasteiger partial charge on any atom is 0.289 e.